The lowest BCUT2D eigenvalue weighted by molar-refractivity contribution is -0.122. The number of thioether (sulfide) groups is 1. The highest BCUT2D eigenvalue weighted by Crippen LogP contribution is 2.33. The van der Waals surface area contributed by atoms with E-state index in [9.17, 15) is 14.0 Å². The van der Waals surface area contributed by atoms with Crippen LogP contribution in [0.25, 0.3) is 17.4 Å². The Labute approximate surface area is 136 Å². The van der Waals surface area contributed by atoms with Gasteiger partial charge in [0.15, 0.2) is 0 Å². The minimum Gasteiger partial charge on any atom is -0.457 e. The zero-order valence-corrected chi connectivity index (χ0v) is 12.8. The van der Waals surface area contributed by atoms with Crippen LogP contribution in [0, 0.1) is 5.82 Å². The number of halogens is 1. The summed E-state index contributed by atoms with van der Waals surface area (Å²) in [6, 6.07) is 9.33. The molecule has 1 aliphatic heterocycles. The summed E-state index contributed by atoms with van der Waals surface area (Å²) in [4.78, 5) is 25.3. The van der Waals surface area contributed by atoms with Gasteiger partial charge >= 0.3 is 0 Å². The molecule has 1 aliphatic rings. The molecule has 2 heterocycles. The SMILES string of the molecule is C=CCN1C(=O)S/C(=C/c2ccc(-c3ccc(F)cc3)o2)C1=O. The van der Waals surface area contributed by atoms with Gasteiger partial charge in [0, 0.05) is 18.2 Å². The van der Waals surface area contributed by atoms with Gasteiger partial charge in [-0.25, -0.2) is 4.39 Å². The van der Waals surface area contributed by atoms with Crippen molar-refractivity contribution in [3.8, 4) is 11.3 Å². The molecule has 0 unspecified atom stereocenters. The van der Waals surface area contributed by atoms with Gasteiger partial charge in [0.2, 0.25) is 0 Å². The van der Waals surface area contributed by atoms with E-state index in [2.05, 4.69) is 6.58 Å². The molecule has 1 fully saturated rings. The van der Waals surface area contributed by atoms with E-state index in [1.807, 2.05) is 0 Å². The third-order valence-electron chi connectivity index (χ3n) is 3.21. The van der Waals surface area contributed by atoms with Crippen LogP contribution in [0.3, 0.4) is 0 Å². The number of carbonyl (C=O) groups is 2. The van der Waals surface area contributed by atoms with Crippen molar-refractivity contribution in [2.45, 2.75) is 0 Å². The molecule has 2 amide bonds. The molecule has 0 aliphatic carbocycles. The Balaban J connectivity index is 1.84. The van der Waals surface area contributed by atoms with Gasteiger partial charge in [0.05, 0.1) is 4.91 Å². The number of rotatable bonds is 4. The predicted molar refractivity (Wildman–Crippen MR) is 87.0 cm³/mol. The lowest BCUT2D eigenvalue weighted by atomic mass is 10.2. The van der Waals surface area contributed by atoms with Crippen LogP contribution in [0.1, 0.15) is 5.76 Å². The van der Waals surface area contributed by atoms with E-state index in [1.165, 1.54) is 24.3 Å². The molecule has 3 rings (SSSR count). The van der Waals surface area contributed by atoms with Crippen LogP contribution in [0.4, 0.5) is 9.18 Å². The van der Waals surface area contributed by atoms with Gasteiger partial charge in [-0.05, 0) is 48.2 Å². The summed E-state index contributed by atoms with van der Waals surface area (Å²) in [6.45, 7) is 3.71. The summed E-state index contributed by atoms with van der Waals surface area (Å²) in [5.74, 6) is 0.325. The van der Waals surface area contributed by atoms with Gasteiger partial charge in [0.1, 0.15) is 17.3 Å². The minimum absolute atomic E-state index is 0.182. The molecular weight excluding hydrogens is 317 g/mol. The molecule has 0 radical (unpaired) electrons. The Morgan fingerprint density at radius 3 is 2.61 bits per heavy atom. The molecule has 2 aromatic rings. The first kappa shape index (κ1) is 15.3. The van der Waals surface area contributed by atoms with E-state index in [-0.39, 0.29) is 23.5 Å². The number of hydrogen-bond acceptors (Lipinski definition) is 4. The van der Waals surface area contributed by atoms with Crippen LogP contribution < -0.4 is 0 Å². The zero-order chi connectivity index (χ0) is 16.4. The van der Waals surface area contributed by atoms with Gasteiger partial charge in [0.25, 0.3) is 11.1 Å². The van der Waals surface area contributed by atoms with Crippen molar-refractivity contribution in [3.63, 3.8) is 0 Å². The molecule has 6 heteroatoms. The highest BCUT2D eigenvalue weighted by molar-refractivity contribution is 8.18. The van der Waals surface area contributed by atoms with Crippen molar-refractivity contribution >= 4 is 29.0 Å². The Bertz CT molecular complexity index is 808. The van der Waals surface area contributed by atoms with Crippen molar-refractivity contribution in [2.24, 2.45) is 0 Å². The van der Waals surface area contributed by atoms with Crippen molar-refractivity contribution in [1.29, 1.82) is 0 Å². The number of amides is 2. The summed E-state index contributed by atoms with van der Waals surface area (Å²) in [5.41, 5.74) is 0.728. The molecule has 1 saturated heterocycles. The number of carbonyl (C=O) groups excluding carboxylic acids is 2. The van der Waals surface area contributed by atoms with Crippen LogP contribution in [0.2, 0.25) is 0 Å². The smallest absolute Gasteiger partial charge is 0.293 e. The van der Waals surface area contributed by atoms with Crippen molar-refractivity contribution in [1.82, 2.24) is 4.90 Å². The normalized spacial score (nSPS) is 16.4. The van der Waals surface area contributed by atoms with E-state index >= 15 is 0 Å². The van der Waals surface area contributed by atoms with Gasteiger partial charge in [-0.15, -0.1) is 6.58 Å². The van der Waals surface area contributed by atoms with Gasteiger partial charge in [-0.3, -0.25) is 14.5 Å². The Kier molecular flexibility index (Phi) is 4.16. The molecule has 1 aromatic heterocycles. The van der Waals surface area contributed by atoms with Gasteiger partial charge in [-0.2, -0.15) is 0 Å². The van der Waals surface area contributed by atoms with Crippen molar-refractivity contribution in [3.05, 3.63) is 65.5 Å². The molecule has 0 saturated carbocycles. The lowest BCUT2D eigenvalue weighted by Gasteiger charge is -2.07. The van der Waals surface area contributed by atoms with Crippen LogP contribution >= 0.6 is 11.8 Å². The summed E-state index contributed by atoms with van der Waals surface area (Å²) in [5, 5.41) is -0.327. The molecular formula is C17H12FNO3S. The Morgan fingerprint density at radius 1 is 1.17 bits per heavy atom. The number of hydrogen-bond donors (Lipinski definition) is 0. The summed E-state index contributed by atoms with van der Waals surface area (Å²) in [6.07, 6.45) is 3.03. The first-order valence-corrected chi connectivity index (χ1v) is 7.62. The fourth-order valence-corrected chi connectivity index (χ4v) is 2.94. The van der Waals surface area contributed by atoms with Gasteiger partial charge < -0.3 is 4.42 Å². The third kappa shape index (κ3) is 3.12. The quantitative estimate of drug-likeness (QED) is 0.619. The second kappa shape index (κ2) is 6.26. The van der Waals surface area contributed by atoms with Crippen LogP contribution in [-0.4, -0.2) is 22.6 Å². The molecule has 0 N–H and O–H groups in total. The second-order valence-corrected chi connectivity index (χ2v) is 5.78. The lowest BCUT2D eigenvalue weighted by Crippen LogP contribution is -2.27. The number of benzene rings is 1. The van der Waals surface area contributed by atoms with Crippen LogP contribution in [-0.2, 0) is 4.79 Å². The molecule has 1 aromatic carbocycles. The average molecular weight is 329 g/mol. The van der Waals surface area contributed by atoms with Crippen molar-refractivity contribution in [2.75, 3.05) is 6.54 Å². The van der Waals surface area contributed by atoms with E-state index in [0.29, 0.717) is 16.4 Å². The molecule has 0 atom stereocenters. The monoisotopic (exact) mass is 329 g/mol. The first-order chi connectivity index (χ1) is 11.1. The summed E-state index contributed by atoms with van der Waals surface area (Å²) >= 11 is 0.865. The minimum atomic E-state index is -0.361. The highest BCUT2D eigenvalue weighted by atomic mass is 32.2. The fourth-order valence-electron chi connectivity index (χ4n) is 2.12. The van der Waals surface area contributed by atoms with Crippen molar-refractivity contribution < 1.29 is 18.4 Å². The van der Waals surface area contributed by atoms with Crippen LogP contribution in [0.15, 0.2) is 58.4 Å². The van der Waals surface area contributed by atoms with E-state index in [1.54, 1.807) is 24.3 Å². The van der Waals surface area contributed by atoms with E-state index in [4.69, 9.17) is 4.42 Å². The molecule has 4 nitrogen and oxygen atoms in total. The Morgan fingerprint density at radius 2 is 1.91 bits per heavy atom. The average Bonchev–Trinajstić information content (AvgIpc) is 3.09. The van der Waals surface area contributed by atoms with E-state index < -0.39 is 0 Å². The summed E-state index contributed by atoms with van der Waals surface area (Å²) in [7, 11) is 0. The third-order valence-corrected chi connectivity index (χ3v) is 4.12. The maximum atomic E-state index is 12.9. The fraction of sp³-hybridized carbons (Fsp3) is 0.0588. The second-order valence-electron chi connectivity index (χ2n) is 4.79. The standard InChI is InChI=1S/C17H12FNO3S/c1-2-9-19-16(20)15(23-17(19)21)10-13-7-8-14(22-13)11-3-5-12(18)6-4-11/h2-8,10H,1,9H2/b15-10+. The van der Waals surface area contributed by atoms with Crippen LogP contribution in [0.5, 0.6) is 0 Å². The Hall–Kier alpha value is -2.60. The molecule has 23 heavy (non-hydrogen) atoms. The first-order valence-electron chi connectivity index (χ1n) is 6.80. The molecule has 116 valence electrons. The molecule has 0 bridgehead atoms. The van der Waals surface area contributed by atoms with Gasteiger partial charge in [-0.1, -0.05) is 6.08 Å². The maximum absolute atomic E-state index is 12.9. The number of furan rings is 1. The summed E-state index contributed by atoms with van der Waals surface area (Å²) < 4.78 is 18.6. The number of nitrogens with zero attached hydrogens (tertiary/aromatic N) is 1. The molecule has 0 spiro atoms. The largest absolute Gasteiger partial charge is 0.457 e. The van der Waals surface area contributed by atoms with E-state index in [0.717, 1.165) is 22.2 Å². The maximum Gasteiger partial charge on any atom is 0.293 e. The predicted octanol–water partition coefficient (Wildman–Crippen LogP) is 4.31. The highest BCUT2D eigenvalue weighted by Gasteiger charge is 2.34. The number of imide groups is 1. The topological polar surface area (TPSA) is 50.5 Å². The zero-order valence-electron chi connectivity index (χ0n) is 12.0.